The van der Waals surface area contributed by atoms with Crippen molar-refractivity contribution in [1.29, 1.82) is 0 Å². The fourth-order valence-electron chi connectivity index (χ4n) is 2.01. The summed E-state index contributed by atoms with van der Waals surface area (Å²) in [6, 6.07) is 0. The summed E-state index contributed by atoms with van der Waals surface area (Å²) in [4.78, 5) is 0. The van der Waals surface area contributed by atoms with E-state index in [2.05, 4.69) is 4.74 Å². The van der Waals surface area contributed by atoms with Crippen LogP contribution in [0.25, 0.3) is 0 Å². The van der Waals surface area contributed by atoms with Gasteiger partial charge in [-0.2, -0.15) is 26.3 Å². The van der Waals surface area contributed by atoms with E-state index in [1.807, 2.05) is 0 Å². The summed E-state index contributed by atoms with van der Waals surface area (Å²) in [7, 11) is 0. The Hall–Kier alpha value is -0.500. The van der Waals surface area contributed by atoms with Gasteiger partial charge in [-0.3, -0.25) is 0 Å². The zero-order valence-electron chi connectivity index (χ0n) is 9.11. The highest BCUT2D eigenvalue weighted by atomic mass is 19.4. The van der Waals surface area contributed by atoms with E-state index in [0.717, 1.165) is 0 Å². The second-order valence-corrected chi connectivity index (χ2v) is 4.63. The average molecular weight is 266 g/mol. The van der Waals surface area contributed by atoms with Crippen LogP contribution in [0, 0.1) is 5.92 Å². The molecule has 1 fully saturated rings. The molecule has 3 atom stereocenters. The summed E-state index contributed by atoms with van der Waals surface area (Å²) in [6.07, 6.45) is -11.7. The Balaban J connectivity index is 3.10. The highest BCUT2D eigenvalue weighted by Gasteiger charge is 2.67. The lowest BCUT2D eigenvalue weighted by atomic mass is 9.83. The van der Waals surface area contributed by atoms with E-state index in [1.165, 1.54) is 6.92 Å². The van der Waals surface area contributed by atoms with Crippen molar-refractivity contribution in [3.8, 4) is 0 Å². The van der Waals surface area contributed by atoms with Gasteiger partial charge in [-0.1, -0.05) is 6.92 Å². The Kier molecular flexibility index (Phi) is 3.21. The molecule has 0 saturated carbocycles. The Morgan fingerprint density at radius 2 is 1.53 bits per heavy atom. The van der Waals surface area contributed by atoms with Gasteiger partial charge < -0.3 is 9.84 Å². The number of hydrogen-bond donors (Lipinski definition) is 1. The second-order valence-electron chi connectivity index (χ2n) is 4.63. The predicted octanol–water partition coefficient (Wildman–Crippen LogP) is 3.00. The summed E-state index contributed by atoms with van der Waals surface area (Å²) in [6.45, 7) is 1.72. The van der Waals surface area contributed by atoms with Gasteiger partial charge in [0, 0.05) is 6.42 Å². The van der Waals surface area contributed by atoms with Gasteiger partial charge >= 0.3 is 12.4 Å². The van der Waals surface area contributed by atoms with Crippen LogP contribution in [0.2, 0.25) is 0 Å². The Morgan fingerprint density at radius 1 is 1.06 bits per heavy atom. The highest BCUT2D eigenvalue weighted by Crippen LogP contribution is 2.50. The molecule has 0 spiro atoms. The average Bonchev–Trinajstić information content (AvgIpc) is 1.96. The van der Waals surface area contributed by atoms with Gasteiger partial charge in [0.05, 0.1) is 0 Å². The molecule has 1 rings (SSSR count). The minimum atomic E-state index is -5.26. The predicted molar refractivity (Wildman–Crippen MR) is 44.9 cm³/mol. The van der Waals surface area contributed by atoms with Crippen LogP contribution in [0.1, 0.15) is 26.7 Å². The molecule has 1 aliphatic heterocycles. The summed E-state index contributed by atoms with van der Waals surface area (Å²) in [5, 5.41) is 9.23. The smallest absolute Gasteiger partial charge is 0.358 e. The number of aliphatic hydroxyl groups is 1. The van der Waals surface area contributed by atoms with Gasteiger partial charge in [0.1, 0.15) is 0 Å². The largest absolute Gasteiger partial charge is 0.443 e. The lowest BCUT2D eigenvalue weighted by Gasteiger charge is -2.47. The fraction of sp³-hybridized carbons (Fsp3) is 1.00. The standard InChI is InChI=1S/C9H12F6O2/c1-5-3-6(2,8(10,11)12)17-7(16,4-5)9(13,14)15/h5,16H,3-4H2,1-2H3. The first kappa shape index (κ1) is 14.6. The molecule has 3 unspecified atom stereocenters. The van der Waals surface area contributed by atoms with Crippen LogP contribution in [-0.4, -0.2) is 28.8 Å². The van der Waals surface area contributed by atoms with Crippen molar-refractivity contribution in [2.45, 2.75) is 50.4 Å². The lowest BCUT2D eigenvalue weighted by molar-refractivity contribution is -0.443. The van der Waals surface area contributed by atoms with E-state index in [4.69, 9.17) is 0 Å². The highest BCUT2D eigenvalue weighted by molar-refractivity contribution is 4.96. The normalized spacial score (nSPS) is 40.4. The third-order valence-electron chi connectivity index (χ3n) is 2.80. The molecule has 2 nitrogen and oxygen atoms in total. The van der Waals surface area contributed by atoms with Crippen molar-refractivity contribution < 1.29 is 36.2 Å². The first-order chi connectivity index (χ1) is 7.31. The van der Waals surface area contributed by atoms with E-state index in [9.17, 15) is 31.4 Å². The zero-order valence-corrected chi connectivity index (χ0v) is 9.11. The molecular formula is C9H12F6O2. The first-order valence-corrected chi connectivity index (χ1v) is 4.87. The molecule has 0 amide bonds. The monoisotopic (exact) mass is 266 g/mol. The molecule has 0 bridgehead atoms. The second kappa shape index (κ2) is 3.74. The first-order valence-electron chi connectivity index (χ1n) is 4.87. The Bertz CT molecular complexity index is 271. The third-order valence-corrected chi connectivity index (χ3v) is 2.80. The van der Waals surface area contributed by atoms with E-state index in [1.54, 1.807) is 0 Å². The summed E-state index contributed by atoms with van der Waals surface area (Å²) in [5.41, 5.74) is -2.99. The molecule has 0 aliphatic carbocycles. The van der Waals surface area contributed by atoms with Crippen LogP contribution in [0.3, 0.4) is 0 Å². The summed E-state index contributed by atoms with van der Waals surface area (Å²) in [5.74, 6) is -4.70. The maximum atomic E-state index is 12.6. The fourth-order valence-corrected chi connectivity index (χ4v) is 2.01. The molecule has 1 saturated heterocycles. The van der Waals surface area contributed by atoms with Crippen LogP contribution < -0.4 is 0 Å². The minimum Gasteiger partial charge on any atom is -0.358 e. The van der Waals surface area contributed by atoms with Crippen LogP contribution >= 0.6 is 0 Å². The van der Waals surface area contributed by atoms with Crippen molar-refractivity contribution in [3.05, 3.63) is 0 Å². The molecule has 17 heavy (non-hydrogen) atoms. The van der Waals surface area contributed by atoms with Gasteiger partial charge in [0.2, 0.25) is 0 Å². The van der Waals surface area contributed by atoms with Crippen molar-refractivity contribution in [2.75, 3.05) is 0 Å². The Labute approximate surface area is 93.6 Å². The van der Waals surface area contributed by atoms with Gasteiger partial charge in [0.15, 0.2) is 5.60 Å². The van der Waals surface area contributed by atoms with Gasteiger partial charge in [-0.05, 0) is 19.3 Å². The molecule has 1 heterocycles. The number of alkyl halides is 6. The van der Waals surface area contributed by atoms with E-state index in [0.29, 0.717) is 6.92 Å². The molecule has 8 heteroatoms. The van der Waals surface area contributed by atoms with Gasteiger partial charge in [0.25, 0.3) is 5.79 Å². The van der Waals surface area contributed by atoms with Crippen molar-refractivity contribution in [2.24, 2.45) is 5.92 Å². The van der Waals surface area contributed by atoms with Crippen LogP contribution in [0.4, 0.5) is 26.3 Å². The van der Waals surface area contributed by atoms with E-state index in [-0.39, 0.29) is 0 Å². The van der Waals surface area contributed by atoms with Crippen molar-refractivity contribution in [1.82, 2.24) is 0 Å². The molecule has 0 aromatic rings. The van der Waals surface area contributed by atoms with Crippen molar-refractivity contribution in [3.63, 3.8) is 0 Å². The van der Waals surface area contributed by atoms with Crippen LogP contribution in [-0.2, 0) is 4.74 Å². The molecule has 0 aromatic heterocycles. The molecule has 0 radical (unpaired) electrons. The minimum absolute atomic E-state index is 0.513. The third kappa shape index (κ3) is 2.52. The molecular weight excluding hydrogens is 254 g/mol. The Morgan fingerprint density at radius 3 is 1.88 bits per heavy atom. The number of ether oxygens (including phenoxy) is 1. The quantitative estimate of drug-likeness (QED) is 0.683. The lowest BCUT2D eigenvalue weighted by Crippen LogP contribution is -2.62. The number of rotatable bonds is 0. The summed E-state index contributed by atoms with van der Waals surface area (Å²) >= 11 is 0. The maximum absolute atomic E-state index is 12.6. The van der Waals surface area contributed by atoms with Crippen LogP contribution in [0.5, 0.6) is 0 Å². The SMILES string of the molecule is CC1CC(C)(C(F)(F)F)OC(O)(C(F)(F)F)C1. The topological polar surface area (TPSA) is 29.5 Å². The zero-order chi connectivity index (χ0) is 13.7. The molecule has 1 N–H and O–H groups in total. The summed E-state index contributed by atoms with van der Waals surface area (Å²) < 4.78 is 79.3. The van der Waals surface area contributed by atoms with Gasteiger partial charge in [-0.25, -0.2) is 0 Å². The molecule has 102 valence electrons. The van der Waals surface area contributed by atoms with E-state index >= 15 is 0 Å². The van der Waals surface area contributed by atoms with Gasteiger partial charge in [-0.15, -0.1) is 0 Å². The molecule has 0 aromatic carbocycles. The molecule has 1 aliphatic rings. The maximum Gasteiger partial charge on any atom is 0.443 e. The number of hydrogen-bond acceptors (Lipinski definition) is 2. The van der Waals surface area contributed by atoms with E-state index < -0.39 is 42.5 Å². The van der Waals surface area contributed by atoms with Crippen molar-refractivity contribution >= 4 is 0 Å². The van der Waals surface area contributed by atoms with Crippen LogP contribution in [0.15, 0.2) is 0 Å². The number of halogens is 6.